The molecule has 0 spiro atoms. The number of hydrogen-bond donors (Lipinski definition) is 2. The lowest BCUT2D eigenvalue weighted by Crippen LogP contribution is -2.24. The predicted octanol–water partition coefficient (Wildman–Crippen LogP) is 3.84. The van der Waals surface area contributed by atoms with E-state index in [4.69, 9.17) is 9.47 Å². The fourth-order valence-electron chi connectivity index (χ4n) is 2.65. The lowest BCUT2D eigenvalue weighted by Gasteiger charge is -2.13. The Morgan fingerprint density at radius 1 is 0.960 bits per heavy atom. The van der Waals surface area contributed by atoms with Gasteiger partial charge in [-0.05, 0) is 40.6 Å². The Labute approximate surface area is 148 Å². The molecular weight excluding hydrogens is 314 g/mol. The first-order valence-corrected chi connectivity index (χ1v) is 8.36. The third-order valence-corrected chi connectivity index (χ3v) is 3.96. The summed E-state index contributed by atoms with van der Waals surface area (Å²) in [7, 11) is 1.58. The maximum atomic E-state index is 9.71. The molecular formula is C21H23NO3. The summed E-state index contributed by atoms with van der Waals surface area (Å²) in [6.07, 6.45) is -0.519. The monoisotopic (exact) mass is 337 g/mol. The minimum atomic E-state index is -0.519. The van der Waals surface area contributed by atoms with Crippen molar-refractivity contribution in [1.29, 1.82) is 0 Å². The smallest absolute Gasteiger partial charge is 0.120 e. The van der Waals surface area contributed by atoms with E-state index in [2.05, 4.69) is 29.6 Å². The number of benzene rings is 3. The number of ether oxygens (including phenoxy) is 2. The molecule has 2 N–H and O–H groups in total. The molecule has 3 aromatic carbocycles. The van der Waals surface area contributed by atoms with Crippen LogP contribution in [0.3, 0.4) is 0 Å². The maximum absolute atomic E-state index is 9.71. The van der Waals surface area contributed by atoms with Crippen LogP contribution >= 0.6 is 0 Å². The minimum absolute atomic E-state index is 0.322. The Morgan fingerprint density at radius 2 is 1.72 bits per heavy atom. The lowest BCUT2D eigenvalue weighted by molar-refractivity contribution is 0.0727. The van der Waals surface area contributed by atoms with Gasteiger partial charge >= 0.3 is 0 Å². The maximum Gasteiger partial charge on any atom is 0.120 e. The van der Waals surface area contributed by atoms with Crippen LogP contribution in [-0.4, -0.2) is 31.5 Å². The van der Waals surface area contributed by atoms with Crippen molar-refractivity contribution in [3.63, 3.8) is 0 Å². The molecule has 0 aliphatic rings. The van der Waals surface area contributed by atoms with Crippen LogP contribution in [0.25, 0.3) is 10.8 Å². The van der Waals surface area contributed by atoms with Gasteiger partial charge in [0.1, 0.15) is 12.4 Å². The number of methoxy groups -OCH3 is 1. The highest BCUT2D eigenvalue weighted by atomic mass is 16.5. The molecule has 0 fully saturated rings. The van der Waals surface area contributed by atoms with E-state index >= 15 is 0 Å². The van der Waals surface area contributed by atoms with E-state index < -0.39 is 6.10 Å². The van der Waals surface area contributed by atoms with Gasteiger partial charge in [0.25, 0.3) is 0 Å². The number of aliphatic hydroxyl groups is 1. The molecule has 0 aliphatic carbocycles. The largest absolute Gasteiger partial charge is 0.489 e. The summed E-state index contributed by atoms with van der Waals surface area (Å²) in [5.41, 5.74) is 2.12. The number of fused-ring (bicyclic) bond motifs is 1. The summed E-state index contributed by atoms with van der Waals surface area (Å²) >= 11 is 0. The van der Waals surface area contributed by atoms with Crippen LogP contribution in [0.2, 0.25) is 0 Å². The van der Waals surface area contributed by atoms with Gasteiger partial charge in [0.15, 0.2) is 0 Å². The van der Waals surface area contributed by atoms with Gasteiger partial charge in [0.05, 0.1) is 12.7 Å². The van der Waals surface area contributed by atoms with Crippen molar-refractivity contribution in [2.24, 2.45) is 0 Å². The molecule has 25 heavy (non-hydrogen) atoms. The van der Waals surface area contributed by atoms with Crippen molar-refractivity contribution in [3.8, 4) is 5.75 Å². The van der Waals surface area contributed by atoms with Gasteiger partial charge in [0, 0.05) is 19.3 Å². The standard InChI is InChI=1S/C21H23NO3/c1-24-15-20(23)13-22-19-9-7-18-12-21(10-8-17(18)11-19)25-14-16-5-3-2-4-6-16/h2-12,20,22-23H,13-15H2,1H3. The van der Waals surface area contributed by atoms with Gasteiger partial charge < -0.3 is 19.9 Å². The van der Waals surface area contributed by atoms with Crippen LogP contribution < -0.4 is 10.1 Å². The third kappa shape index (κ3) is 4.95. The number of rotatable bonds is 8. The second kappa shape index (κ2) is 8.51. The Balaban J connectivity index is 1.64. The van der Waals surface area contributed by atoms with E-state index in [1.807, 2.05) is 42.5 Å². The number of anilines is 1. The lowest BCUT2D eigenvalue weighted by atomic mass is 10.1. The van der Waals surface area contributed by atoms with Crippen LogP contribution in [0.15, 0.2) is 66.7 Å². The average molecular weight is 337 g/mol. The van der Waals surface area contributed by atoms with Gasteiger partial charge in [0.2, 0.25) is 0 Å². The van der Waals surface area contributed by atoms with E-state index in [9.17, 15) is 5.11 Å². The molecule has 0 saturated carbocycles. The van der Waals surface area contributed by atoms with Crippen LogP contribution in [-0.2, 0) is 11.3 Å². The first-order chi connectivity index (χ1) is 12.2. The number of hydrogen-bond acceptors (Lipinski definition) is 4. The number of aliphatic hydroxyl groups excluding tert-OH is 1. The van der Waals surface area contributed by atoms with Gasteiger partial charge in [-0.3, -0.25) is 0 Å². The highest BCUT2D eigenvalue weighted by Crippen LogP contribution is 2.24. The topological polar surface area (TPSA) is 50.7 Å². The third-order valence-electron chi connectivity index (χ3n) is 3.96. The molecule has 0 aliphatic heterocycles. The van der Waals surface area contributed by atoms with Crippen LogP contribution in [0.5, 0.6) is 5.75 Å². The Hall–Kier alpha value is -2.56. The van der Waals surface area contributed by atoms with Crippen LogP contribution in [0, 0.1) is 0 Å². The average Bonchev–Trinajstić information content (AvgIpc) is 2.65. The highest BCUT2D eigenvalue weighted by Gasteiger charge is 2.04. The first-order valence-electron chi connectivity index (χ1n) is 8.36. The Kier molecular flexibility index (Phi) is 5.88. The Bertz CT molecular complexity index is 805. The number of nitrogens with one attached hydrogen (secondary N) is 1. The van der Waals surface area contributed by atoms with Crippen molar-refractivity contribution >= 4 is 16.5 Å². The molecule has 4 heteroatoms. The van der Waals surface area contributed by atoms with Gasteiger partial charge in [-0.15, -0.1) is 0 Å². The molecule has 1 unspecified atom stereocenters. The summed E-state index contributed by atoms with van der Waals surface area (Å²) in [4.78, 5) is 0. The van der Waals surface area contributed by atoms with E-state index in [0.29, 0.717) is 19.8 Å². The van der Waals surface area contributed by atoms with Crippen molar-refractivity contribution in [3.05, 3.63) is 72.3 Å². The molecule has 0 saturated heterocycles. The summed E-state index contributed by atoms with van der Waals surface area (Å²) in [5, 5.41) is 15.2. The van der Waals surface area contributed by atoms with Gasteiger partial charge in [-0.2, -0.15) is 0 Å². The predicted molar refractivity (Wildman–Crippen MR) is 101 cm³/mol. The molecule has 3 rings (SSSR count). The molecule has 1 atom stereocenters. The summed E-state index contributed by atoms with van der Waals surface area (Å²) in [6, 6.07) is 22.3. The zero-order valence-electron chi connectivity index (χ0n) is 14.3. The molecule has 4 nitrogen and oxygen atoms in total. The van der Waals surface area contributed by atoms with Gasteiger partial charge in [-0.25, -0.2) is 0 Å². The fraction of sp³-hybridized carbons (Fsp3) is 0.238. The molecule has 0 bridgehead atoms. The second-order valence-corrected chi connectivity index (χ2v) is 5.99. The van der Waals surface area contributed by atoms with E-state index in [-0.39, 0.29) is 0 Å². The summed E-state index contributed by atoms with van der Waals surface area (Å²) in [6.45, 7) is 1.34. The molecule has 0 amide bonds. The molecule has 3 aromatic rings. The van der Waals surface area contributed by atoms with Crippen molar-refractivity contribution in [2.45, 2.75) is 12.7 Å². The summed E-state index contributed by atoms with van der Waals surface area (Å²) < 4.78 is 10.8. The van der Waals surface area contributed by atoms with E-state index in [0.717, 1.165) is 27.8 Å². The molecule has 0 aromatic heterocycles. The van der Waals surface area contributed by atoms with Crippen LogP contribution in [0.1, 0.15) is 5.56 Å². The molecule has 0 radical (unpaired) electrons. The second-order valence-electron chi connectivity index (χ2n) is 5.99. The zero-order valence-corrected chi connectivity index (χ0v) is 14.3. The van der Waals surface area contributed by atoms with Gasteiger partial charge in [-0.1, -0.05) is 42.5 Å². The highest BCUT2D eigenvalue weighted by molar-refractivity contribution is 5.86. The molecule has 0 heterocycles. The van der Waals surface area contributed by atoms with E-state index in [1.54, 1.807) is 7.11 Å². The van der Waals surface area contributed by atoms with E-state index in [1.165, 1.54) is 0 Å². The quantitative estimate of drug-likeness (QED) is 0.656. The minimum Gasteiger partial charge on any atom is -0.489 e. The fourth-order valence-corrected chi connectivity index (χ4v) is 2.65. The Morgan fingerprint density at radius 3 is 2.52 bits per heavy atom. The normalized spacial score (nSPS) is 12.1. The SMILES string of the molecule is COCC(O)CNc1ccc2cc(OCc3ccccc3)ccc2c1. The first kappa shape index (κ1) is 17.3. The van der Waals surface area contributed by atoms with Crippen molar-refractivity contribution in [2.75, 3.05) is 25.6 Å². The summed E-state index contributed by atoms with van der Waals surface area (Å²) in [5.74, 6) is 0.854. The van der Waals surface area contributed by atoms with Crippen molar-refractivity contribution < 1.29 is 14.6 Å². The van der Waals surface area contributed by atoms with Crippen molar-refractivity contribution in [1.82, 2.24) is 0 Å². The van der Waals surface area contributed by atoms with Crippen LogP contribution in [0.4, 0.5) is 5.69 Å². The zero-order chi connectivity index (χ0) is 17.5. The molecule has 130 valence electrons.